The number of methoxy groups -OCH3 is 1. The lowest BCUT2D eigenvalue weighted by molar-refractivity contribution is -0.758. The highest BCUT2D eigenvalue weighted by molar-refractivity contribution is 7.92. The molecule has 4 rings (SSSR count). The number of carbonyl (C=O) groups excluding carboxylic acids is 2. The van der Waals surface area contributed by atoms with Crippen LogP contribution in [0.2, 0.25) is 0 Å². The van der Waals surface area contributed by atoms with Gasteiger partial charge in [0.05, 0.1) is 38.4 Å². The molecule has 4 aromatic rings. The van der Waals surface area contributed by atoms with Crippen LogP contribution in [0.5, 0.6) is 23.1 Å². The van der Waals surface area contributed by atoms with Crippen molar-refractivity contribution in [3.63, 3.8) is 0 Å². The Morgan fingerprint density at radius 1 is 0.682 bits per heavy atom. The van der Waals surface area contributed by atoms with Gasteiger partial charge in [-0.15, -0.1) is 20.2 Å². The monoisotopic (exact) mass is 947 g/mol. The van der Waals surface area contributed by atoms with Crippen molar-refractivity contribution >= 4 is 28.2 Å². The van der Waals surface area contributed by atoms with E-state index in [1.54, 1.807) is 30.3 Å². The SMILES string of the molecule is COc1ccccc1Oc1c(OCCOC(=O)OCCCCCCO[N+](=O)[O-])nc(-c2ncccn2)nc1N(COC(=O)OCCOCCO[N+](=O)[O-])S(=O)(=O)c1ccc(C(C)(C)C)cc1. The van der Waals surface area contributed by atoms with Crippen LogP contribution in [-0.4, -0.2) is 118 Å². The Hall–Kier alpha value is -7.35. The molecule has 0 spiro atoms. The predicted octanol–water partition coefficient (Wildman–Crippen LogP) is 5.86. The molecule has 0 N–H and O–H groups in total. The second kappa shape index (κ2) is 25.8. The molecule has 0 aliphatic carbocycles. The van der Waals surface area contributed by atoms with Crippen LogP contribution in [0, 0.1) is 20.2 Å². The molecule has 2 aromatic heterocycles. The van der Waals surface area contributed by atoms with E-state index in [4.69, 9.17) is 37.9 Å². The number of unbranched alkanes of at least 4 members (excludes halogenated alkanes) is 3. The summed E-state index contributed by atoms with van der Waals surface area (Å²) in [5.41, 5.74) is 0.461. The van der Waals surface area contributed by atoms with E-state index in [0.717, 1.165) is 5.56 Å². The van der Waals surface area contributed by atoms with Gasteiger partial charge in [0.1, 0.15) is 26.4 Å². The highest BCUT2D eigenvalue weighted by atomic mass is 32.2. The standard InChI is InChI=1S/C40H49N7O18S/c1-40(2,3)29-14-16-30(17-15-29)66(54,55)45(28-62-39(49)60-24-22-57-23-27-64-47(52)53)36-33(65-32-13-8-7-12-31(32)56-4)37(44-35(43-36)34-41-18-11-19-42-34)58-25-26-61-38(48)59-20-9-5-6-10-21-63-46(50)51/h7-8,11-19H,5-6,9-10,20-28H2,1-4H3. The fourth-order valence-corrected chi connectivity index (χ4v) is 6.65. The van der Waals surface area contributed by atoms with Gasteiger partial charge in [-0.1, -0.05) is 51.5 Å². The molecule has 2 aromatic carbocycles. The van der Waals surface area contributed by atoms with Gasteiger partial charge in [-0.3, -0.25) is 0 Å². The predicted molar refractivity (Wildman–Crippen MR) is 226 cm³/mol. The summed E-state index contributed by atoms with van der Waals surface area (Å²) in [6.07, 6.45) is 2.55. The van der Waals surface area contributed by atoms with E-state index in [0.29, 0.717) is 30.0 Å². The lowest BCUT2D eigenvalue weighted by atomic mass is 9.87. The molecule has 0 aliphatic heterocycles. The maximum absolute atomic E-state index is 14.8. The first-order valence-corrected chi connectivity index (χ1v) is 21.5. The van der Waals surface area contributed by atoms with E-state index in [-0.39, 0.29) is 73.1 Å². The van der Waals surface area contributed by atoms with Crippen LogP contribution in [0.15, 0.2) is 71.9 Å². The number of anilines is 1. The second-order valence-electron chi connectivity index (χ2n) is 14.3. The number of sulfonamides is 1. The zero-order chi connectivity index (χ0) is 48.0. The molecule has 0 unspecified atom stereocenters. The Bertz CT molecular complexity index is 2300. The largest absolute Gasteiger partial charge is 0.510 e. The van der Waals surface area contributed by atoms with Gasteiger partial charge in [0.25, 0.3) is 26.1 Å². The van der Waals surface area contributed by atoms with Crippen LogP contribution in [0.25, 0.3) is 11.6 Å². The minimum Gasteiger partial charge on any atom is -0.493 e. The van der Waals surface area contributed by atoms with Gasteiger partial charge >= 0.3 is 12.3 Å². The third-order valence-corrected chi connectivity index (χ3v) is 10.3. The van der Waals surface area contributed by atoms with E-state index >= 15 is 0 Å². The van der Waals surface area contributed by atoms with Crippen LogP contribution >= 0.6 is 0 Å². The number of ether oxygens (including phenoxy) is 8. The highest BCUT2D eigenvalue weighted by Crippen LogP contribution is 2.43. The van der Waals surface area contributed by atoms with Crippen LogP contribution in [0.1, 0.15) is 52.0 Å². The summed E-state index contributed by atoms with van der Waals surface area (Å²) < 4.78 is 73.9. The van der Waals surface area contributed by atoms with Crippen molar-refractivity contribution in [3.05, 3.63) is 92.8 Å². The van der Waals surface area contributed by atoms with Crippen molar-refractivity contribution in [2.45, 2.75) is 56.8 Å². The summed E-state index contributed by atoms with van der Waals surface area (Å²) in [6, 6.07) is 13.9. The average molecular weight is 948 g/mol. The van der Waals surface area contributed by atoms with Gasteiger partial charge < -0.3 is 47.6 Å². The Balaban J connectivity index is 1.70. The molecule has 0 aliphatic rings. The topological polar surface area (TPSA) is 302 Å². The Labute approximate surface area is 378 Å². The van der Waals surface area contributed by atoms with Gasteiger partial charge in [0, 0.05) is 12.4 Å². The first kappa shape index (κ1) is 51.3. The molecular formula is C40H49N7O18S. The molecule has 0 bridgehead atoms. The molecule has 0 radical (unpaired) electrons. The summed E-state index contributed by atoms with van der Waals surface area (Å²) in [4.78, 5) is 71.6. The Morgan fingerprint density at radius 3 is 1.92 bits per heavy atom. The van der Waals surface area contributed by atoms with Crippen molar-refractivity contribution in [1.29, 1.82) is 0 Å². The summed E-state index contributed by atoms with van der Waals surface area (Å²) in [7, 11) is -3.39. The summed E-state index contributed by atoms with van der Waals surface area (Å²) in [6.45, 7) is 2.79. The minimum atomic E-state index is -4.77. The van der Waals surface area contributed by atoms with Crippen molar-refractivity contribution in [3.8, 4) is 34.8 Å². The number of para-hydroxylation sites is 2. The molecule has 0 saturated carbocycles. The molecule has 26 heteroatoms. The third kappa shape index (κ3) is 16.6. The van der Waals surface area contributed by atoms with Crippen molar-refractivity contribution in [1.82, 2.24) is 19.9 Å². The molecule has 358 valence electrons. The maximum atomic E-state index is 14.8. The second-order valence-corrected chi connectivity index (χ2v) is 16.1. The van der Waals surface area contributed by atoms with Gasteiger partial charge in [0.2, 0.25) is 11.6 Å². The molecule has 0 saturated heterocycles. The normalized spacial score (nSPS) is 11.2. The van der Waals surface area contributed by atoms with Crippen LogP contribution < -0.4 is 18.5 Å². The number of hydrogen-bond acceptors (Lipinski definition) is 22. The highest BCUT2D eigenvalue weighted by Gasteiger charge is 2.35. The summed E-state index contributed by atoms with van der Waals surface area (Å²) >= 11 is 0. The van der Waals surface area contributed by atoms with Gasteiger partial charge in [-0.05, 0) is 60.6 Å². The molecule has 2 heterocycles. The third-order valence-electron chi connectivity index (χ3n) is 8.58. The zero-order valence-electron chi connectivity index (χ0n) is 36.4. The minimum absolute atomic E-state index is 0.0104. The molecule has 25 nitrogen and oxygen atoms in total. The van der Waals surface area contributed by atoms with Crippen LogP contribution in [0.4, 0.5) is 15.4 Å². The van der Waals surface area contributed by atoms with Gasteiger partial charge in [0.15, 0.2) is 29.9 Å². The number of benzene rings is 2. The molecule has 0 atom stereocenters. The number of aromatic nitrogens is 4. The number of rotatable bonds is 28. The van der Waals surface area contributed by atoms with E-state index in [1.807, 2.05) is 20.8 Å². The molecule has 66 heavy (non-hydrogen) atoms. The van der Waals surface area contributed by atoms with Crippen LogP contribution in [0.3, 0.4) is 0 Å². The van der Waals surface area contributed by atoms with Crippen molar-refractivity contribution < 1.29 is 75.8 Å². The number of nitrogens with zero attached hydrogens (tertiary/aromatic N) is 7. The molecule has 0 fully saturated rings. The lowest BCUT2D eigenvalue weighted by Gasteiger charge is -2.26. The number of hydrogen-bond donors (Lipinski definition) is 0. The van der Waals surface area contributed by atoms with Crippen molar-refractivity contribution in [2.75, 3.05) is 71.0 Å². The first-order valence-electron chi connectivity index (χ1n) is 20.1. The first-order chi connectivity index (χ1) is 31.6. The van der Waals surface area contributed by atoms with E-state index < -0.39 is 69.9 Å². The summed E-state index contributed by atoms with van der Waals surface area (Å²) in [5, 5.41) is 18.8. The van der Waals surface area contributed by atoms with E-state index in [2.05, 4.69) is 29.6 Å². The Kier molecular flexibility index (Phi) is 20.1. The number of carbonyl (C=O) groups is 2. The van der Waals surface area contributed by atoms with Gasteiger partial charge in [-0.25, -0.2) is 37.3 Å². The quantitative estimate of drug-likeness (QED) is 0.0211. The molecule has 0 amide bonds. The molecular weight excluding hydrogens is 899 g/mol. The van der Waals surface area contributed by atoms with Gasteiger partial charge in [-0.2, -0.15) is 4.98 Å². The van der Waals surface area contributed by atoms with Crippen LogP contribution in [-0.2, 0) is 48.8 Å². The fourth-order valence-electron chi connectivity index (χ4n) is 5.37. The Morgan fingerprint density at radius 2 is 1.27 bits per heavy atom. The average Bonchev–Trinajstić information content (AvgIpc) is 3.29. The van der Waals surface area contributed by atoms with E-state index in [1.165, 1.54) is 43.8 Å². The fraction of sp³-hybridized carbons (Fsp3) is 0.450. The van der Waals surface area contributed by atoms with E-state index in [9.17, 15) is 38.2 Å². The smallest absolute Gasteiger partial charge is 0.493 e. The maximum Gasteiger partial charge on any atom is 0.510 e. The lowest BCUT2D eigenvalue weighted by Crippen LogP contribution is -2.36. The van der Waals surface area contributed by atoms with Crippen molar-refractivity contribution in [2.24, 2.45) is 0 Å². The zero-order valence-corrected chi connectivity index (χ0v) is 37.2. The summed E-state index contributed by atoms with van der Waals surface area (Å²) in [5.74, 6) is -1.52.